The largest absolute Gasteiger partial charge is 0.317 e. The van der Waals surface area contributed by atoms with Crippen LogP contribution in [0.1, 0.15) is 39.3 Å². The fraction of sp³-hybridized carbons (Fsp3) is 0.846. The molecule has 1 saturated heterocycles. The van der Waals surface area contributed by atoms with E-state index in [1.165, 1.54) is 12.8 Å². The maximum absolute atomic E-state index is 4.27. The number of aromatic nitrogens is 3. The second-order valence-corrected chi connectivity index (χ2v) is 6.22. The monoisotopic (exact) mass is 287 g/mol. The fourth-order valence-electron chi connectivity index (χ4n) is 2.33. The summed E-state index contributed by atoms with van der Waals surface area (Å²) in [5.41, 5.74) is 1.07. The number of hydrogen-bond donors (Lipinski definition) is 1. The van der Waals surface area contributed by atoms with E-state index in [0.29, 0.717) is 6.04 Å². The molecule has 1 fully saturated rings. The topological polar surface area (TPSA) is 46.0 Å². The molecule has 0 aliphatic carbocycles. The van der Waals surface area contributed by atoms with Crippen LogP contribution in [0.3, 0.4) is 0 Å². The van der Waals surface area contributed by atoms with Crippen LogP contribution < -0.4 is 5.32 Å². The highest BCUT2D eigenvalue weighted by atomic mass is 35.5. The quantitative estimate of drug-likeness (QED) is 0.918. The number of rotatable bonds is 3. The summed E-state index contributed by atoms with van der Waals surface area (Å²) in [5.74, 6) is 0. The fourth-order valence-corrected chi connectivity index (χ4v) is 2.33. The van der Waals surface area contributed by atoms with Gasteiger partial charge in [0, 0.05) is 12.6 Å². The normalized spacial score (nSPS) is 17.5. The Labute approximate surface area is 122 Å². The van der Waals surface area contributed by atoms with Crippen molar-refractivity contribution in [3.8, 4) is 0 Å². The van der Waals surface area contributed by atoms with E-state index >= 15 is 0 Å². The molecule has 1 aliphatic rings. The first-order valence-electron chi connectivity index (χ1n) is 6.79. The zero-order valence-corrected chi connectivity index (χ0v) is 13.2. The molecule has 0 spiro atoms. The van der Waals surface area contributed by atoms with Gasteiger partial charge >= 0.3 is 0 Å². The molecule has 110 valence electrons. The molecule has 1 aromatic rings. The molecule has 1 aliphatic heterocycles. The molecule has 0 amide bonds. The maximum atomic E-state index is 4.27. The van der Waals surface area contributed by atoms with Crippen molar-refractivity contribution in [3.63, 3.8) is 0 Å². The Hall–Kier alpha value is -0.650. The van der Waals surface area contributed by atoms with Crippen molar-refractivity contribution in [2.24, 2.45) is 0 Å². The number of piperidine rings is 1. The van der Waals surface area contributed by atoms with Crippen LogP contribution in [0.5, 0.6) is 0 Å². The van der Waals surface area contributed by atoms with Gasteiger partial charge in [0.25, 0.3) is 0 Å². The van der Waals surface area contributed by atoms with Gasteiger partial charge in [-0.1, -0.05) is 5.21 Å². The zero-order chi connectivity index (χ0) is 13.2. The van der Waals surface area contributed by atoms with Gasteiger partial charge in [0.05, 0.1) is 17.4 Å². The van der Waals surface area contributed by atoms with Crippen molar-refractivity contribution in [1.82, 2.24) is 25.2 Å². The Bertz CT molecular complexity index is 379. The van der Waals surface area contributed by atoms with Gasteiger partial charge in [-0.3, -0.25) is 4.90 Å². The standard InChI is InChI=1S/C13H25N5.ClH/c1-13(2,3)18-10-11(15-16-18)9-17(4)12-5-7-14-8-6-12;/h10,12,14H,5-9H2,1-4H3;1H. The molecule has 0 unspecified atom stereocenters. The van der Waals surface area contributed by atoms with Crippen molar-refractivity contribution in [2.75, 3.05) is 20.1 Å². The van der Waals surface area contributed by atoms with Crippen LogP contribution in [0.4, 0.5) is 0 Å². The number of nitrogens with zero attached hydrogens (tertiary/aromatic N) is 4. The third-order valence-corrected chi connectivity index (χ3v) is 3.57. The minimum absolute atomic E-state index is 0. The lowest BCUT2D eigenvalue weighted by Crippen LogP contribution is -2.40. The van der Waals surface area contributed by atoms with E-state index in [4.69, 9.17) is 0 Å². The Kier molecular flexibility index (Phi) is 5.77. The van der Waals surface area contributed by atoms with Gasteiger partial charge < -0.3 is 5.32 Å². The van der Waals surface area contributed by atoms with Crippen molar-refractivity contribution in [2.45, 2.75) is 51.7 Å². The molecule has 0 atom stereocenters. The van der Waals surface area contributed by atoms with Crippen LogP contribution in [-0.2, 0) is 12.1 Å². The van der Waals surface area contributed by atoms with E-state index in [0.717, 1.165) is 25.3 Å². The molecular formula is C13H26ClN5. The molecule has 0 saturated carbocycles. The van der Waals surface area contributed by atoms with Gasteiger partial charge in [0.2, 0.25) is 0 Å². The molecule has 1 aromatic heterocycles. The highest BCUT2D eigenvalue weighted by molar-refractivity contribution is 5.85. The van der Waals surface area contributed by atoms with Crippen molar-refractivity contribution in [3.05, 3.63) is 11.9 Å². The smallest absolute Gasteiger partial charge is 0.0967 e. The summed E-state index contributed by atoms with van der Waals surface area (Å²) in [6.07, 6.45) is 4.52. The predicted molar refractivity (Wildman–Crippen MR) is 79.6 cm³/mol. The van der Waals surface area contributed by atoms with Gasteiger partial charge in [-0.2, -0.15) is 0 Å². The van der Waals surface area contributed by atoms with Gasteiger partial charge in [0.15, 0.2) is 0 Å². The van der Waals surface area contributed by atoms with Crippen LogP contribution in [0.25, 0.3) is 0 Å². The number of halogens is 1. The van der Waals surface area contributed by atoms with Gasteiger partial charge in [-0.05, 0) is 53.8 Å². The summed E-state index contributed by atoms with van der Waals surface area (Å²) >= 11 is 0. The minimum Gasteiger partial charge on any atom is -0.317 e. The maximum Gasteiger partial charge on any atom is 0.0967 e. The summed E-state index contributed by atoms with van der Waals surface area (Å²) in [5, 5.41) is 11.9. The van der Waals surface area contributed by atoms with Crippen molar-refractivity contribution >= 4 is 12.4 Å². The summed E-state index contributed by atoms with van der Waals surface area (Å²) in [6, 6.07) is 0.672. The second-order valence-electron chi connectivity index (χ2n) is 6.22. The van der Waals surface area contributed by atoms with Crippen molar-refractivity contribution < 1.29 is 0 Å². The van der Waals surface area contributed by atoms with Crippen LogP contribution in [-0.4, -0.2) is 46.1 Å². The van der Waals surface area contributed by atoms with E-state index < -0.39 is 0 Å². The molecule has 0 aromatic carbocycles. The third-order valence-electron chi connectivity index (χ3n) is 3.57. The summed E-state index contributed by atoms with van der Waals surface area (Å²) in [7, 11) is 2.19. The van der Waals surface area contributed by atoms with E-state index in [1.807, 2.05) is 4.68 Å². The Morgan fingerprint density at radius 3 is 2.53 bits per heavy atom. The van der Waals surface area contributed by atoms with Gasteiger partial charge in [0.1, 0.15) is 0 Å². The lowest BCUT2D eigenvalue weighted by atomic mass is 10.1. The average Bonchev–Trinajstić information content (AvgIpc) is 2.78. The average molecular weight is 288 g/mol. The summed E-state index contributed by atoms with van der Waals surface area (Å²) in [6.45, 7) is 9.57. The van der Waals surface area contributed by atoms with E-state index in [9.17, 15) is 0 Å². The number of nitrogens with one attached hydrogen (secondary N) is 1. The van der Waals surface area contributed by atoms with E-state index in [1.54, 1.807) is 0 Å². The minimum atomic E-state index is 0. The Morgan fingerprint density at radius 2 is 2.00 bits per heavy atom. The highest BCUT2D eigenvalue weighted by Gasteiger charge is 2.20. The zero-order valence-electron chi connectivity index (χ0n) is 12.4. The first-order valence-corrected chi connectivity index (χ1v) is 6.79. The molecule has 0 bridgehead atoms. The number of hydrogen-bond acceptors (Lipinski definition) is 4. The van der Waals surface area contributed by atoms with Gasteiger partial charge in [-0.25, -0.2) is 4.68 Å². The molecule has 6 heteroatoms. The van der Waals surface area contributed by atoms with Crippen LogP contribution in [0.15, 0.2) is 6.20 Å². The van der Waals surface area contributed by atoms with Gasteiger partial charge in [-0.15, -0.1) is 17.5 Å². The molecule has 5 nitrogen and oxygen atoms in total. The Morgan fingerprint density at radius 1 is 1.37 bits per heavy atom. The third kappa shape index (κ3) is 4.44. The van der Waals surface area contributed by atoms with Crippen molar-refractivity contribution in [1.29, 1.82) is 0 Å². The van der Waals surface area contributed by atoms with E-state index in [-0.39, 0.29) is 17.9 Å². The predicted octanol–water partition coefficient (Wildman–Crippen LogP) is 1.64. The van der Waals surface area contributed by atoms with Crippen LogP contribution in [0.2, 0.25) is 0 Å². The molecule has 2 heterocycles. The van der Waals surface area contributed by atoms with Crippen LogP contribution in [0, 0.1) is 0 Å². The summed E-state index contributed by atoms with van der Waals surface area (Å²) in [4.78, 5) is 2.40. The second kappa shape index (κ2) is 6.68. The first kappa shape index (κ1) is 16.4. The Balaban J connectivity index is 0.00000180. The first-order chi connectivity index (χ1) is 8.47. The highest BCUT2D eigenvalue weighted by Crippen LogP contribution is 2.15. The molecule has 1 N–H and O–H groups in total. The lowest BCUT2D eigenvalue weighted by Gasteiger charge is -2.30. The molecule has 2 rings (SSSR count). The summed E-state index contributed by atoms with van der Waals surface area (Å²) < 4.78 is 1.94. The van der Waals surface area contributed by atoms with E-state index in [2.05, 4.69) is 54.5 Å². The molecular weight excluding hydrogens is 262 g/mol. The van der Waals surface area contributed by atoms with Crippen LogP contribution >= 0.6 is 12.4 Å². The lowest BCUT2D eigenvalue weighted by molar-refractivity contribution is 0.190. The SMILES string of the molecule is CN(Cc1cn(C(C)(C)C)nn1)C1CCNCC1.Cl. The molecule has 19 heavy (non-hydrogen) atoms. The molecule has 0 radical (unpaired) electrons.